The minimum Gasteiger partial charge on any atom is -0.492 e. The number of hydrogen-bond acceptors (Lipinski definition) is 2. The second kappa shape index (κ2) is 3.27. The lowest BCUT2D eigenvalue weighted by Crippen LogP contribution is -1.99. The Labute approximate surface area is 84.5 Å². The highest BCUT2D eigenvalue weighted by atomic mass is 19.1. The molecule has 0 atom stereocenters. The Morgan fingerprint density at radius 2 is 2.13 bits per heavy atom. The van der Waals surface area contributed by atoms with Crippen LogP contribution in [-0.2, 0) is 0 Å². The summed E-state index contributed by atoms with van der Waals surface area (Å²) in [5, 5.41) is 8.89. The van der Waals surface area contributed by atoms with Crippen molar-refractivity contribution in [3.05, 3.63) is 35.9 Å². The molecule has 4 nitrogen and oxygen atoms in total. The van der Waals surface area contributed by atoms with Gasteiger partial charge in [-0.15, -0.1) is 0 Å². The molecule has 0 fully saturated rings. The van der Waals surface area contributed by atoms with E-state index in [0.717, 1.165) is 0 Å². The van der Waals surface area contributed by atoms with Crippen molar-refractivity contribution >= 4 is 11.5 Å². The number of fused-ring (bicyclic) bond motifs is 1. The predicted octanol–water partition coefficient (Wildman–Crippen LogP) is 1.79. The number of halogens is 1. The molecule has 0 aromatic carbocycles. The fourth-order valence-corrected chi connectivity index (χ4v) is 1.51. The molecule has 2 aromatic rings. The van der Waals surface area contributed by atoms with Gasteiger partial charge in [0.15, 0.2) is 11.6 Å². The third-order valence-electron chi connectivity index (χ3n) is 2.16. The molecule has 0 aliphatic carbocycles. The zero-order valence-electron chi connectivity index (χ0n) is 7.90. The van der Waals surface area contributed by atoms with Gasteiger partial charge in [0.1, 0.15) is 5.52 Å². The van der Waals surface area contributed by atoms with Gasteiger partial charge in [-0.05, 0) is 12.1 Å². The Morgan fingerprint density at radius 1 is 1.47 bits per heavy atom. The first-order valence-electron chi connectivity index (χ1n) is 4.21. The van der Waals surface area contributed by atoms with Crippen molar-refractivity contribution in [1.82, 2.24) is 4.40 Å². The molecule has 5 heteroatoms. The number of nitrogens with zero attached hydrogens (tertiary/aromatic N) is 1. The van der Waals surface area contributed by atoms with E-state index in [1.165, 1.54) is 29.8 Å². The molecule has 0 bridgehead atoms. The molecule has 0 unspecified atom stereocenters. The van der Waals surface area contributed by atoms with E-state index in [9.17, 15) is 9.18 Å². The largest absolute Gasteiger partial charge is 0.492 e. The molecule has 1 N–H and O–H groups in total. The van der Waals surface area contributed by atoms with Crippen LogP contribution < -0.4 is 4.74 Å². The highest BCUT2D eigenvalue weighted by Crippen LogP contribution is 2.27. The van der Waals surface area contributed by atoms with Crippen LogP contribution >= 0.6 is 0 Å². The van der Waals surface area contributed by atoms with E-state index in [0.29, 0.717) is 0 Å². The van der Waals surface area contributed by atoms with Crippen LogP contribution in [0.4, 0.5) is 4.39 Å². The summed E-state index contributed by atoms with van der Waals surface area (Å²) in [6.07, 6.45) is 2.99. The van der Waals surface area contributed by atoms with Gasteiger partial charge in [0, 0.05) is 12.4 Å². The monoisotopic (exact) mass is 209 g/mol. The number of rotatable bonds is 2. The molecule has 0 aliphatic heterocycles. The standard InChI is InChI=1S/C10H8FNO3/c1-15-9-7(11)3-5-12-4-2-6(8(9)12)10(13)14/h2-5H,1H3,(H,13,14). The third-order valence-corrected chi connectivity index (χ3v) is 2.16. The summed E-state index contributed by atoms with van der Waals surface area (Å²) in [6.45, 7) is 0. The third kappa shape index (κ3) is 1.32. The Kier molecular flexibility index (Phi) is 2.07. The SMILES string of the molecule is COc1c(F)ccn2ccc(C(=O)O)c12. The number of pyridine rings is 1. The van der Waals surface area contributed by atoms with Crippen LogP contribution in [0.15, 0.2) is 24.5 Å². The first-order chi connectivity index (χ1) is 7.15. The first-order valence-corrected chi connectivity index (χ1v) is 4.21. The van der Waals surface area contributed by atoms with Gasteiger partial charge in [0.2, 0.25) is 0 Å². The summed E-state index contributed by atoms with van der Waals surface area (Å²) >= 11 is 0. The van der Waals surface area contributed by atoms with Gasteiger partial charge < -0.3 is 14.2 Å². The lowest BCUT2D eigenvalue weighted by atomic mass is 10.2. The van der Waals surface area contributed by atoms with E-state index < -0.39 is 11.8 Å². The number of carbonyl (C=O) groups is 1. The number of carboxylic acids is 1. The summed E-state index contributed by atoms with van der Waals surface area (Å²) in [5.41, 5.74) is 0.247. The van der Waals surface area contributed by atoms with Crippen molar-refractivity contribution < 1.29 is 19.0 Å². The summed E-state index contributed by atoms with van der Waals surface area (Å²) in [7, 11) is 1.30. The molecular weight excluding hydrogens is 201 g/mol. The van der Waals surface area contributed by atoms with Gasteiger partial charge in [0.25, 0.3) is 0 Å². The summed E-state index contributed by atoms with van der Waals surface area (Å²) in [4.78, 5) is 10.9. The molecule has 15 heavy (non-hydrogen) atoms. The van der Waals surface area contributed by atoms with Crippen molar-refractivity contribution in [1.29, 1.82) is 0 Å². The fraction of sp³-hybridized carbons (Fsp3) is 0.100. The van der Waals surface area contributed by atoms with Crippen LogP contribution in [0.3, 0.4) is 0 Å². The zero-order chi connectivity index (χ0) is 11.0. The van der Waals surface area contributed by atoms with Crippen LogP contribution in [0.2, 0.25) is 0 Å². The lowest BCUT2D eigenvalue weighted by molar-refractivity contribution is 0.0699. The highest BCUT2D eigenvalue weighted by Gasteiger charge is 2.16. The molecular formula is C10H8FNO3. The second-order valence-corrected chi connectivity index (χ2v) is 2.99. The topological polar surface area (TPSA) is 50.9 Å². The van der Waals surface area contributed by atoms with Crippen LogP contribution in [0, 0.1) is 5.82 Å². The maximum Gasteiger partial charge on any atom is 0.338 e. The Balaban J connectivity index is 2.86. The minimum absolute atomic E-state index is 0.0198. The van der Waals surface area contributed by atoms with E-state index in [1.807, 2.05) is 0 Å². The average molecular weight is 209 g/mol. The van der Waals surface area contributed by atoms with Crippen LogP contribution in [0.1, 0.15) is 10.4 Å². The van der Waals surface area contributed by atoms with Gasteiger partial charge in [-0.2, -0.15) is 0 Å². The molecule has 0 aliphatic rings. The number of aromatic nitrogens is 1. The van der Waals surface area contributed by atoms with Gasteiger partial charge >= 0.3 is 5.97 Å². The van der Waals surface area contributed by atoms with Crippen molar-refractivity contribution in [2.45, 2.75) is 0 Å². The minimum atomic E-state index is -1.11. The van der Waals surface area contributed by atoms with Crippen molar-refractivity contribution in [2.75, 3.05) is 7.11 Å². The number of ether oxygens (including phenoxy) is 1. The molecule has 2 heterocycles. The Hall–Kier alpha value is -2.04. The molecule has 0 spiro atoms. The number of aromatic carboxylic acids is 1. The van der Waals surface area contributed by atoms with E-state index in [-0.39, 0.29) is 16.8 Å². The molecule has 0 saturated carbocycles. The van der Waals surface area contributed by atoms with Crippen molar-refractivity contribution in [3.63, 3.8) is 0 Å². The van der Waals surface area contributed by atoms with Gasteiger partial charge in [-0.1, -0.05) is 0 Å². The molecule has 2 rings (SSSR count). The van der Waals surface area contributed by atoms with Crippen molar-refractivity contribution in [3.8, 4) is 5.75 Å². The van der Waals surface area contributed by atoms with E-state index in [4.69, 9.17) is 9.84 Å². The molecule has 2 aromatic heterocycles. The van der Waals surface area contributed by atoms with Crippen molar-refractivity contribution in [2.24, 2.45) is 0 Å². The Morgan fingerprint density at radius 3 is 2.73 bits per heavy atom. The number of methoxy groups -OCH3 is 1. The maximum atomic E-state index is 13.3. The van der Waals surface area contributed by atoms with E-state index >= 15 is 0 Å². The summed E-state index contributed by atoms with van der Waals surface area (Å²) < 4.78 is 19.7. The maximum absolute atomic E-state index is 13.3. The highest BCUT2D eigenvalue weighted by molar-refractivity contribution is 5.97. The smallest absolute Gasteiger partial charge is 0.338 e. The second-order valence-electron chi connectivity index (χ2n) is 2.99. The van der Waals surface area contributed by atoms with E-state index in [2.05, 4.69) is 0 Å². The van der Waals surface area contributed by atoms with Gasteiger partial charge in [0.05, 0.1) is 12.7 Å². The van der Waals surface area contributed by atoms with Crippen LogP contribution in [0.5, 0.6) is 5.75 Å². The predicted molar refractivity (Wildman–Crippen MR) is 50.9 cm³/mol. The number of carboxylic acid groups (broad SMARTS) is 1. The van der Waals surface area contributed by atoms with Gasteiger partial charge in [-0.3, -0.25) is 0 Å². The Bertz CT molecular complexity index is 533. The van der Waals surface area contributed by atoms with Crippen LogP contribution in [0.25, 0.3) is 5.52 Å². The number of hydrogen-bond donors (Lipinski definition) is 1. The fourth-order valence-electron chi connectivity index (χ4n) is 1.51. The molecule has 0 saturated heterocycles. The van der Waals surface area contributed by atoms with Crippen LogP contribution in [-0.4, -0.2) is 22.6 Å². The first kappa shape index (κ1) is 9.51. The molecule has 78 valence electrons. The quantitative estimate of drug-likeness (QED) is 0.820. The molecule has 0 radical (unpaired) electrons. The lowest BCUT2D eigenvalue weighted by Gasteiger charge is -2.05. The van der Waals surface area contributed by atoms with E-state index in [1.54, 1.807) is 6.20 Å². The van der Waals surface area contributed by atoms with Gasteiger partial charge in [-0.25, -0.2) is 9.18 Å². The molecule has 0 amide bonds. The zero-order valence-corrected chi connectivity index (χ0v) is 7.90. The normalized spacial score (nSPS) is 10.5. The summed E-state index contributed by atoms with van der Waals surface area (Å²) in [5.74, 6) is -1.74. The summed E-state index contributed by atoms with van der Waals surface area (Å²) in [6, 6.07) is 2.62. The average Bonchev–Trinajstić information content (AvgIpc) is 2.61.